The number of aromatic nitrogens is 4. The number of ether oxygens (including phenoxy) is 1. The van der Waals surface area contributed by atoms with Gasteiger partial charge in [0.1, 0.15) is 5.82 Å². The second-order valence-electron chi connectivity index (χ2n) is 7.56. The van der Waals surface area contributed by atoms with E-state index in [1.165, 1.54) is 6.07 Å². The molecule has 1 aromatic carbocycles. The lowest BCUT2D eigenvalue weighted by Crippen LogP contribution is -2.27. The molecule has 0 fully saturated rings. The van der Waals surface area contributed by atoms with Crippen molar-refractivity contribution in [3.63, 3.8) is 0 Å². The maximum Gasteiger partial charge on any atom is 0.273 e. The molecule has 12 heteroatoms. The van der Waals surface area contributed by atoms with Gasteiger partial charge < -0.3 is 15.4 Å². The van der Waals surface area contributed by atoms with E-state index < -0.39 is 4.92 Å². The molecule has 3 rings (SSSR count). The quantitative estimate of drug-likeness (QED) is 0.141. The van der Waals surface area contributed by atoms with Gasteiger partial charge in [-0.1, -0.05) is 31.7 Å². The van der Waals surface area contributed by atoms with Crippen LogP contribution in [0.3, 0.4) is 0 Å². The Labute approximate surface area is 195 Å². The fraction of sp³-hybridized carbons (Fsp3) is 0.429. The third-order valence-corrected chi connectivity index (χ3v) is 5.56. The number of methoxy groups -OCH3 is 1. The number of carbonyl (C=O) groups is 1. The van der Waals surface area contributed by atoms with Crippen molar-refractivity contribution >= 4 is 40.2 Å². The van der Waals surface area contributed by atoms with E-state index >= 15 is 0 Å². The summed E-state index contributed by atoms with van der Waals surface area (Å²) in [7, 11) is 1.64. The number of nitro groups is 1. The Balaban J connectivity index is 1.74. The van der Waals surface area contributed by atoms with E-state index in [0.717, 1.165) is 5.39 Å². The molecule has 2 heterocycles. The molecule has 2 aromatic heterocycles. The minimum absolute atomic E-state index is 0.0823. The fourth-order valence-corrected chi connectivity index (χ4v) is 3.80. The number of hydrogen-bond acceptors (Lipinski definition) is 9. The topological polar surface area (TPSA) is 137 Å². The van der Waals surface area contributed by atoms with E-state index in [1.54, 1.807) is 48.8 Å². The van der Waals surface area contributed by atoms with Gasteiger partial charge in [-0.05, 0) is 13.0 Å². The molecule has 0 aliphatic heterocycles. The molecule has 0 atom stereocenters. The molecule has 0 spiro atoms. The summed E-state index contributed by atoms with van der Waals surface area (Å²) in [5.74, 6) is 0.296. The lowest BCUT2D eigenvalue weighted by atomic mass is 10.1. The molecule has 0 bridgehead atoms. The van der Waals surface area contributed by atoms with Crippen molar-refractivity contribution in [2.24, 2.45) is 0 Å². The number of carbonyl (C=O) groups excluding carboxylic acids is 1. The zero-order valence-electron chi connectivity index (χ0n) is 19.0. The number of thioether (sulfide) groups is 1. The van der Waals surface area contributed by atoms with E-state index in [2.05, 4.69) is 39.5 Å². The summed E-state index contributed by atoms with van der Waals surface area (Å²) in [5, 5.41) is 23.3. The molecule has 176 valence electrons. The molecule has 33 heavy (non-hydrogen) atoms. The average Bonchev–Trinajstić information content (AvgIpc) is 3.16. The normalized spacial score (nSPS) is 11.2. The first-order valence-corrected chi connectivity index (χ1v) is 11.3. The van der Waals surface area contributed by atoms with Gasteiger partial charge in [0, 0.05) is 42.6 Å². The molecule has 0 radical (unpaired) electrons. The van der Waals surface area contributed by atoms with Crippen molar-refractivity contribution in [1.82, 2.24) is 25.1 Å². The van der Waals surface area contributed by atoms with Crippen LogP contribution in [-0.4, -0.2) is 62.6 Å². The van der Waals surface area contributed by atoms with Gasteiger partial charge in [0.15, 0.2) is 10.8 Å². The molecule has 0 aliphatic rings. The molecule has 0 aliphatic carbocycles. The predicted octanol–water partition coefficient (Wildman–Crippen LogP) is 3.03. The van der Waals surface area contributed by atoms with E-state index in [9.17, 15) is 14.9 Å². The van der Waals surface area contributed by atoms with Gasteiger partial charge in [-0.15, -0.1) is 0 Å². The van der Waals surface area contributed by atoms with Gasteiger partial charge in [-0.25, -0.2) is 14.6 Å². The second-order valence-corrected chi connectivity index (χ2v) is 9.10. The highest BCUT2D eigenvalue weighted by molar-refractivity contribution is 7.99. The summed E-state index contributed by atoms with van der Waals surface area (Å²) in [6, 6.07) is 4.42. The van der Waals surface area contributed by atoms with Crippen LogP contribution in [0.4, 0.5) is 11.5 Å². The number of benzene rings is 1. The van der Waals surface area contributed by atoms with Crippen LogP contribution in [0.15, 0.2) is 29.6 Å². The van der Waals surface area contributed by atoms with E-state index in [1.807, 2.05) is 0 Å². The predicted molar refractivity (Wildman–Crippen MR) is 127 cm³/mol. The molecule has 0 saturated heterocycles. The van der Waals surface area contributed by atoms with E-state index in [-0.39, 0.29) is 23.7 Å². The number of amides is 1. The summed E-state index contributed by atoms with van der Waals surface area (Å²) < 4.78 is 6.81. The zero-order valence-corrected chi connectivity index (χ0v) is 19.8. The fourth-order valence-electron chi connectivity index (χ4n) is 3.09. The number of rotatable bonds is 11. The molecule has 0 saturated carbocycles. The molecule has 2 N–H and O–H groups in total. The maximum absolute atomic E-state index is 12.5. The number of nitrogens with one attached hydrogen (secondary N) is 2. The Morgan fingerprint density at radius 2 is 2.09 bits per heavy atom. The number of nitro benzene ring substituents is 1. The van der Waals surface area contributed by atoms with Crippen LogP contribution >= 0.6 is 11.8 Å². The minimum atomic E-state index is -0.493. The first-order valence-electron chi connectivity index (χ1n) is 10.5. The monoisotopic (exact) mass is 473 g/mol. The lowest BCUT2D eigenvalue weighted by molar-refractivity contribution is -0.385. The van der Waals surface area contributed by atoms with Gasteiger partial charge in [0.25, 0.3) is 11.6 Å². The Morgan fingerprint density at radius 3 is 2.79 bits per heavy atom. The van der Waals surface area contributed by atoms with Crippen LogP contribution in [0.2, 0.25) is 0 Å². The summed E-state index contributed by atoms with van der Waals surface area (Å²) in [5.41, 5.74) is 1.32. The molecule has 11 nitrogen and oxygen atoms in total. The van der Waals surface area contributed by atoms with Crippen molar-refractivity contribution in [3.05, 3.63) is 45.6 Å². The van der Waals surface area contributed by atoms with Crippen molar-refractivity contribution < 1.29 is 14.5 Å². The highest BCUT2D eigenvalue weighted by Crippen LogP contribution is 2.26. The first kappa shape index (κ1) is 24.4. The minimum Gasteiger partial charge on any atom is -0.383 e. The number of anilines is 1. The highest BCUT2D eigenvalue weighted by Gasteiger charge is 2.16. The van der Waals surface area contributed by atoms with Crippen LogP contribution in [0, 0.1) is 17.0 Å². The molecular weight excluding hydrogens is 446 g/mol. The van der Waals surface area contributed by atoms with Gasteiger partial charge in [-0.2, -0.15) is 5.10 Å². The van der Waals surface area contributed by atoms with E-state index in [0.29, 0.717) is 47.1 Å². The van der Waals surface area contributed by atoms with Gasteiger partial charge in [0.05, 0.1) is 29.7 Å². The first-order chi connectivity index (χ1) is 15.8. The van der Waals surface area contributed by atoms with Gasteiger partial charge >= 0.3 is 0 Å². The largest absolute Gasteiger partial charge is 0.383 e. The number of fused-ring (bicyclic) bond motifs is 1. The van der Waals surface area contributed by atoms with Gasteiger partial charge in [-0.3, -0.25) is 14.9 Å². The Hall–Kier alpha value is -3.25. The number of aryl methyl sites for hydroxylation is 1. The summed E-state index contributed by atoms with van der Waals surface area (Å²) in [4.78, 5) is 32.4. The Morgan fingerprint density at radius 1 is 1.30 bits per heavy atom. The third kappa shape index (κ3) is 6.17. The molecule has 3 aromatic rings. The number of hydrogen-bond donors (Lipinski definition) is 2. The molecule has 1 amide bonds. The standard InChI is InChI=1S/C21H27N7O4S/c1-13(2)33-21-25-18(22-8-10-32-4)16-12-24-27(19(16)26-21)9-7-23-20(29)15-6-5-14(3)17(11-15)28(30)31/h5-6,11-13H,7-10H2,1-4H3,(H,23,29)(H,22,25,26). The smallest absolute Gasteiger partial charge is 0.273 e. The van der Waals surface area contributed by atoms with Crippen molar-refractivity contribution in [2.45, 2.75) is 37.7 Å². The summed E-state index contributed by atoms with van der Waals surface area (Å²) >= 11 is 1.55. The Kier molecular flexibility index (Phi) is 8.17. The third-order valence-electron chi connectivity index (χ3n) is 4.69. The van der Waals surface area contributed by atoms with Crippen molar-refractivity contribution in [3.8, 4) is 0 Å². The average molecular weight is 474 g/mol. The molecule has 0 unspecified atom stereocenters. The number of nitrogens with zero attached hydrogens (tertiary/aromatic N) is 5. The summed E-state index contributed by atoms with van der Waals surface area (Å²) in [6.45, 7) is 7.56. The van der Waals surface area contributed by atoms with Gasteiger partial charge in [0.2, 0.25) is 0 Å². The van der Waals surface area contributed by atoms with Crippen LogP contribution in [0.1, 0.15) is 29.8 Å². The molecular formula is C21H27N7O4S. The van der Waals surface area contributed by atoms with Crippen LogP contribution < -0.4 is 10.6 Å². The Bertz CT molecular complexity index is 1150. The zero-order chi connectivity index (χ0) is 24.0. The van der Waals surface area contributed by atoms with Crippen LogP contribution in [0.25, 0.3) is 11.0 Å². The van der Waals surface area contributed by atoms with Crippen molar-refractivity contribution in [1.29, 1.82) is 0 Å². The highest BCUT2D eigenvalue weighted by atomic mass is 32.2. The second kappa shape index (κ2) is 11.1. The summed E-state index contributed by atoms with van der Waals surface area (Å²) in [6.07, 6.45) is 1.69. The SMILES string of the molecule is COCCNc1nc(SC(C)C)nc2c1cnn2CCNC(=O)c1ccc(C)c([N+](=O)[O-])c1. The van der Waals surface area contributed by atoms with E-state index in [4.69, 9.17) is 4.74 Å². The van der Waals surface area contributed by atoms with Crippen molar-refractivity contribution in [2.75, 3.05) is 32.1 Å². The lowest BCUT2D eigenvalue weighted by Gasteiger charge is -2.11. The van der Waals surface area contributed by atoms with Crippen LogP contribution in [0.5, 0.6) is 0 Å². The van der Waals surface area contributed by atoms with Crippen LogP contribution in [-0.2, 0) is 11.3 Å². The maximum atomic E-state index is 12.5.